The maximum absolute atomic E-state index is 5.14. The number of aromatic nitrogens is 4. The van der Waals surface area contributed by atoms with Crippen LogP contribution >= 0.6 is 0 Å². The average molecular weight is 687 g/mol. The number of fused-ring (bicyclic) bond motifs is 9. The molecule has 0 N–H and O–H groups in total. The van der Waals surface area contributed by atoms with Crippen molar-refractivity contribution in [2.24, 2.45) is 0 Å². The van der Waals surface area contributed by atoms with Gasteiger partial charge in [0.1, 0.15) is 0 Å². The van der Waals surface area contributed by atoms with Crippen LogP contribution in [0.1, 0.15) is 0 Å². The second kappa shape index (κ2) is 11.1. The summed E-state index contributed by atoms with van der Waals surface area (Å²) >= 11 is 0. The van der Waals surface area contributed by atoms with E-state index in [1.165, 1.54) is 76.9 Å². The minimum atomic E-state index is 0.996. The molecule has 54 heavy (non-hydrogen) atoms. The van der Waals surface area contributed by atoms with Crippen LogP contribution in [0.25, 0.3) is 110 Å². The number of para-hydroxylation sites is 3. The highest BCUT2D eigenvalue weighted by Gasteiger charge is 2.24. The second-order valence-electron chi connectivity index (χ2n) is 14.2. The zero-order valence-corrected chi connectivity index (χ0v) is 29.1. The van der Waals surface area contributed by atoms with Crippen molar-refractivity contribution < 1.29 is 0 Å². The van der Waals surface area contributed by atoms with E-state index < -0.39 is 0 Å². The quantitative estimate of drug-likeness (QED) is 0.185. The van der Waals surface area contributed by atoms with Crippen LogP contribution in [-0.2, 0) is 0 Å². The highest BCUT2D eigenvalue weighted by atomic mass is 15.0. The lowest BCUT2D eigenvalue weighted by atomic mass is 9.97. The first-order valence-electron chi connectivity index (χ1n) is 18.4. The molecule has 0 fully saturated rings. The van der Waals surface area contributed by atoms with Gasteiger partial charge in [0.25, 0.3) is 0 Å². The van der Waals surface area contributed by atoms with E-state index in [9.17, 15) is 0 Å². The molecule has 0 saturated carbocycles. The molecule has 0 saturated heterocycles. The van der Waals surface area contributed by atoms with Crippen LogP contribution in [0, 0.1) is 0 Å². The molecule has 0 radical (unpaired) electrons. The first-order chi connectivity index (χ1) is 26.8. The lowest BCUT2D eigenvalue weighted by Gasteiger charge is -2.10. The Labute approximate surface area is 310 Å². The van der Waals surface area contributed by atoms with Gasteiger partial charge in [-0.05, 0) is 95.1 Å². The fraction of sp³-hybridized carbons (Fsp3) is 0. The molecule has 0 bridgehead atoms. The number of nitrogens with zero attached hydrogens (tertiary/aromatic N) is 4. The van der Waals surface area contributed by atoms with E-state index in [1.807, 2.05) is 18.6 Å². The highest BCUT2D eigenvalue weighted by Crippen LogP contribution is 2.48. The summed E-state index contributed by atoms with van der Waals surface area (Å²) in [6.45, 7) is 0. The average Bonchev–Trinajstić information content (AvgIpc) is 3.87. The van der Waals surface area contributed by atoms with Gasteiger partial charge in [-0.15, -0.1) is 0 Å². The highest BCUT2D eigenvalue weighted by molar-refractivity contribution is 6.19. The fourth-order valence-corrected chi connectivity index (χ4v) is 9.02. The molecule has 4 heteroatoms. The number of hydrogen-bond acceptors (Lipinski definition) is 2. The molecule has 4 heterocycles. The van der Waals surface area contributed by atoms with Crippen molar-refractivity contribution >= 4 is 54.4 Å². The molecular weight excluding hydrogens is 657 g/mol. The van der Waals surface area contributed by atoms with Gasteiger partial charge in [0.05, 0.1) is 27.8 Å². The molecule has 250 valence electrons. The zero-order valence-electron chi connectivity index (χ0n) is 29.1. The van der Waals surface area contributed by atoms with Crippen LogP contribution in [-0.4, -0.2) is 19.1 Å². The first-order valence-corrected chi connectivity index (χ1v) is 18.4. The third-order valence-electron chi connectivity index (χ3n) is 11.4. The van der Waals surface area contributed by atoms with Gasteiger partial charge in [-0.2, -0.15) is 0 Å². The molecule has 0 atom stereocenters. The minimum absolute atomic E-state index is 0.996. The Hall–Kier alpha value is -7.30. The summed E-state index contributed by atoms with van der Waals surface area (Å²) in [6.07, 6.45) is 5.88. The van der Waals surface area contributed by atoms with Crippen molar-refractivity contribution in [2.45, 2.75) is 0 Å². The third kappa shape index (κ3) is 4.08. The Bertz CT molecular complexity index is 3290. The molecule has 7 aromatic carbocycles. The number of pyridine rings is 2. The minimum Gasteiger partial charge on any atom is -0.309 e. The topological polar surface area (TPSA) is 35.6 Å². The molecule has 0 amide bonds. The van der Waals surface area contributed by atoms with Crippen LogP contribution in [0.2, 0.25) is 0 Å². The smallest absolute Gasteiger partial charge is 0.0781 e. The molecule has 4 nitrogen and oxygen atoms in total. The first kappa shape index (κ1) is 29.3. The van der Waals surface area contributed by atoms with Crippen molar-refractivity contribution in [2.75, 3.05) is 0 Å². The normalized spacial score (nSPS) is 12.1. The van der Waals surface area contributed by atoms with Crippen LogP contribution in [0.4, 0.5) is 0 Å². The van der Waals surface area contributed by atoms with Gasteiger partial charge in [0.15, 0.2) is 0 Å². The van der Waals surface area contributed by atoms with Crippen molar-refractivity contribution in [1.29, 1.82) is 0 Å². The summed E-state index contributed by atoms with van der Waals surface area (Å²) in [4.78, 5) is 9.58. The van der Waals surface area contributed by atoms with E-state index in [-0.39, 0.29) is 0 Å². The van der Waals surface area contributed by atoms with Gasteiger partial charge in [-0.3, -0.25) is 9.97 Å². The molecule has 12 rings (SSSR count). The van der Waals surface area contributed by atoms with Gasteiger partial charge in [0, 0.05) is 79.0 Å². The Morgan fingerprint density at radius 2 is 0.907 bits per heavy atom. The van der Waals surface area contributed by atoms with E-state index in [1.54, 1.807) is 0 Å². The third-order valence-corrected chi connectivity index (χ3v) is 11.4. The van der Waals surface area contributed by atoms with Gasteiger partial charge in [-0.1, -0.05) is 91.0 Å². The van der Waals surface area contributed by atoms with E-state index in [0.29, 0.717) is 0 Å². The SMILES string of the molecule is c1ccc(-n2c3ccccc3c3cc(-c4ccc5c(c4)c4cc(-c6ncc7c8c(cccc68)-c6ccncc6-7)ccc4n5-c4ccccc4)ccc32)cc1. The predicted octanol–water partition coefficient (Wildman–Crippen LogP) is 12.8. The number of hydrogen-bond donors (Lipinski definition) is 0. The monoisotopic (exact) mass is 686 g/mol. The van der Waals surface area contributed by atoms with Crippen molar-refractivity contribution in [3.05, 3.63) is 182 Å². The summed E-state index contributed by atoms with van der Waals surface area (Å²) in [5.41, 5.74) is 16.3. The maximum atomic E-state index is 5.14. The van der Waals surface area contributed by atoms with E-state index in [2.05, 4.69) is 178 Å². The van der Waals surface area contributed by atoms with Crippen LogP contribution in [0.3, 0.4) is 0 Å². The summed E-state index contributed by atoms with van der Waals surface area (Å²) in [7, 11) is 0. The van der Waals surface area contributed by atoms with Crippen LogP contribution < -0.4 is 0 Å². The van der Waals surface area contributed by atoms with Crippen molar-refractivity contribution in [1.82, 2.24) is 19.1 Å². The summed E-state index contributed by atoms with van der Waals surface area (Å²) in [5.74, 6) is 0. The molecule has 1 aliphatic carbocycles. The molecular formula is C50H30N4. The molecule has 0 spiro atoms. The van der Waals surface area contributed by atoms with E-state index >= 15 is 0 Å². The van der Waals surface area contributed by atoms with E-state index in [4.69, 9.17) is 4.98 Å². The fourth-order valence-electron chi connectivity index (χ4n) is 9.02. The lowest BCUT2D eigenvalue weighted by Crippen LogP contribution is -1.93. The molecule has 11 aromatic rings. The Kier molecular flexibility index (Phi) is 6.02. The molecule has 0 aliphatic heterocycles. The summed E-state index contributed by atoms with van der Waals surface area (Å²) in [5, 5.41) is 7.33. The second-order valence-corrected chi connectivity index (χ2v) is 14.2. The Balaban J connectivity index is 1.08. The van der Waals surface area contributed by atoms with Gasteiger partial charge < -0.3 is 9.13 Å². The molecule has 4 aromatic heterocycles. The van der Waals surface area contributed by atoms with Crippen molar-refractivity contribution in [3.63, 3.8) is 0 Å². The standard InChI is InChI=1S/C50H30N4/c1-3-10-34(11-4-1)53-45-17-8-7-14-37(45)40-26-31(18-21-46(40)53)32-19-22-47-41(27-32)42-28-33(20-23-48(42)54(47)35-12-5-2-6-13-35)50-39-16-9-15-38-36-24-25-51-29-43(36)44(30-52-50)49(38)39/h1-30H. The van der Waals surface area contributed by atoms with Crippen LogP contribution in [0.5, 0.6) is 0 Å². The lowest BCUT2D eigenvalue weighted by molar-refractivity contribution is 1.18. The predicted molar refractivity (Wildman–Crippen MR) is 224 cm³/mol. The number of benzene rings is 7. The zero-order chi connectivity index (χ0) is 35.3. The van der Waals surface area contributed by atoms with Gasteiger partial charge in [-0.25, -0.2) is 0 Å². The van der Waals surface area contributed by atoms with Crippen molar-refractivity contribution in [3.8, 4) is 56.0 Å². The molecule has 0 unspecified atom stereocenters. The molecule has 1 aliphatic rings. The summed E-state index contributed by atoms with van der Waals surface area (Å²) < 4.78 is 4.76. The maximum Gasteiger partial charge on any atom is 0.0781 e. The van der Waals surface area contributed by atoms with Gasteiger partial charge in [0.2, 0.25) is 0 Å². The largest absolute Gasteiger partial charge is 0.309 e. The Morgan fingerprint density at radius 3 is 1.59 bits per heavy atom. The van der Waals surface area contributed by atoms with Crippen LogP contribution in [0.15, 0.2) is 182 Å². The van der Waals surface area contributed by atoms with Gasteiger partial charge >= 0.3 is 0 Å². The summed E-state index contributed by atoms with van der Waals surface area (Å²) in [6, 6.07) is 59.5. The Morgan fingerprint density at radius 1 is 0.352 bits per heavy atom. The van der Waals surface area contributed by atoms with E-state index in [0.717, 1.165) is 33.5 Å². The number of rotatable bonds is 4.